The molecule has 0 aliphatic carbocycles. The average Bonchev–Trinajstić information content (AvgIpc) is 3.28. The first kappa shape index (κ1) is 27.7. The number of hydrogen-bond donors (Lipinski definition) is 3. The highest BCUT2D eigenvalue weighted by atomic mass is 35.5. The van der Waals surface area contributed by atoms with Crippen molar-refractivity contribution in [2.75, 3.05) is 30.9 Å². The van der Waals surface area contributed by atoms with Crippen molar-refractivity contribution in [2.45, 2.75) is 13.1 Å². The van der Waals surface area contributed by atoms with Gasteiger partial charge in [-0.2, -0.15) is 23.3 Å². The number of methoxy groups -OCH3 is 1. The van der Waals surface area contributed by atoms with Gasteiger partial charge in [-0.05, 0) is 37.3 Å². The van der Waals surface area contributed by atoms with Crippen molar-refractivity contribution in [1.29, 1.82) is 0 Å². The molecule has 0 bridgehead atoms. The second-order valence-electron chi connectivity index (χ2n) is 8.11. The quantitative estimate of drug-likeness (QED) is 0.182. The van der Waals surface area contributed by atoms with Crippen molar-refractivity contribution >= 4 is 35.0 Å². The monoisotopic (exact) mass is 565 g/mol. The van der Waals surface area contributed by atoms with Crippen LogP contribution in [0.3, 0.4) is 0 Å². The molecular weight excluding hydrogens is 546 g/mol. The lowest BCUT2D eigenvalue weighted by Gasteiger charge is -2.14. The fraction of sp³-hybridized carbons (Fsp3) is 0.208. The molecule has 15 heteroatoms. The van der Waals surface area contributed by atoms with Crippen LogP contribution in [0.4, 0.5) is 35.0 Å². The summed E-state index contributed by atoms with van der Waals surface area (Å²) in [5.74, 6) is -2.01. The Hall–Kier alpha value is -4.30. The summed E-state index contributed by atoms with van der Waals surface area (Å²) in [6, 6.07) is 5.92. The molecule has 39 heavy (non-hydrogen) atoms. The van der Waals surface area contributed by atoms with Crippen molar-refractivity contribution < 1.29 is 32.2 Å². The van der Waals surface area contributed by atoms with Gasteiger partial charge in [0.05, 0.1) is 11.6 Å². The summed E-state index contributed by atoms with van der Waals surface area (Å²) in [5, 5.41) is 18.9. The summed E-state index contributed by atoms with van der Waals surface area (Å²) >= 11 is 5.83. The predicted molar refractivity (Wildman–Crippen MR) is 134 cm³/mol. The fourth-order valence-electron chi connectivity index (χ4n) is 3.52. The molecule has 3 heterocycles. The Morgan fingerprint density at radius 3 is 2.59 bits per heavy atom. The van der Waals surface area contributed by atoms with E-state index in [0.29, 0.717) is 12.3 Å². The summed E-state index contributed by atoms with van der Waals surface area (Å²) in [6.45, 7) is 2.00. The molecule has 3 N–H and O–H groups in total. The Balaban J connectivity index is 1.84. The van der Waals surface area contributed by atoms with Crippen molar-refractivity contribution in [2.24, 2.45) is 0 Å². The van der Waals surface area contributed by atoms with Gasteiger partial charge in [0.1, 0.15) is 17.2 Å². The zero-order chi connectivity index (χ0) is 28.3. The number of benzene rings is 1. The number of aromatic nitrogens is 5. The molecule has 0 aliphatic rings. The van der Waals surface area contributed by atoms with Crippen LogP contribution >= 0.6 is 11.6 Å². The number of halogens is 5. The van der Waals surface area contributed by atoms with Gasteiger partial charge in [-0.3, -0.25) is 0 Å². The number of carboxylic acids is 1. The number of carbonyl (C=O) groups is 1. The van der Waals surface area contributed by atoms with E-state index in [2.05, 4.69) is 30.7 Å². The van der Waals surface area contributed by atoms with E-state index in [4.69, 9.17) is 16.3 Å². The van der Waals surface area contributed by atoms with E-state index in [9.17, 15) is 27.5 Å². The summed E-state index contributed by atoms with van der Waals surface area (Å²) < 4.78 is 59.7. The number of hydrogen-bond acceptors (Lipinski definition) is 8. The number of carboxylic acid groups (broad SMARTS) is 1. The van der Waals surface area contributed by atoms with Gasteiger partial charge in [0.15, 0.2) is 11.5 Å². The van der Waals surface area contributed by atoms with Crippen molar-refractivity contribution in [3.63, 3.8) is 0 Å². The highest BCUT2D eigenvalue weighted by molar-refractivity contribution is 6.31. The first-order chi connectivity index (χ1) is 18.5. The summed E-state index contributed by atoms with van der Waals surface area (Å²) in [6.07, 6.45) is -2.10. The first-order valence-electron chi connectivity index (χ1n) is 11.2. The third-order valence-corrected chi connectivity index (χ3v) is 5.64. The number of nitrogens with zero attached hydrogens (tertiary/aromatic N) is 5. The van der Waals surface area contributed by atoms with Crippen LogP contribution in [0.25, 0.3) is 16.9 Å². The molecule has 0 saturated heterocycles. The highest BCUT2D eigenvalue weighted by Crippen LogP contribution is 2.33. The minimum atomic E-state index is -4.72. The van der Waals surface area contributed by atoms with Crippen LogP contribution in [0.1, 0.15) is 21.7 Å². The number of ether oxygens (including phenoxy) is 1. The molecule has 0 spiro atoms. The second kappa shape index (κ2) is 11.2. The number of nitrogens with one attached hydrogen (secondary N) is 2. The van der Waals surface area contributed by atoms with Crippen molar-refractivity contribution in [1.82, 2.24) is 24.7 Å². The maximum atomic E-state index is 13.6. The minimum Gasteiger partial charge on any atom is -0.478 e. The van der Waals surface area contributed by atoms with Crippen molar-refractivity contribution in [3.8, 4) is 16.9 Å². The van der Waals surface area contributed by atoms with Gasteiger partial charge >= 0.3 is 12.1 Å². The van der Waals surface area contributed by atoms with Crippen LogP contribution < -0.4 is 10.6 Å². The molecule has 0 radical (unpaired) electrons. The normalized spacial score (nSPS) is 11.5. The second-order valence-corrected chi connectivity index (χ2v) is 8.52. The molecule has 0 atom stereocenters. The number of rotatable bonds is 9. The topological polar surface area (TPSA) is 127 Å². The van der Waals surface area contributed by atoms with Crippen LogP contribution in [0.5, 0.6) is 0 Å². The summed E-state index contributed by atoms with van der Waals surface area (Å²) in [7, 11) is 1.49. The van der Waals surface area contributed by atoms with Crippen LogP contribution in [0.2, 0.25) is 5.02 Å². The Morgan fingerprint density at radius 1 is 1.18 bits per heavy atom. The lowest BCUT2D eigenvalue weighted by atomic mass is 10.1. The molecule has 0 saturated carbocycles. The van der Waals surface area contributed by atoms with E-state index in [1.54, 1.807) is 0 Å². The maximum absolute atomic E-state index is 13.6. The van der Waals surface area contributed by atoms with E-state index in [1.165, 1.54) is 44.6 Å². The van der Waals surface area contributed by atoms with E-state index in [-0.39, 0.29) is 51.5 Å². The fourth-order valence-corrected chi connectivity index (χ4v) is 3.70. The molecule has 4 aromatic rings. The summed E-state index contributed by atoms with van der Waals surface area (Å²) in [4.78, 5) is 24.7. The average molecular weight is 566 g/mol. The van der Waals surface area contributed by atoms with Crippen LogP contribution in [-0.4, -0.2) is 56.1 Å². The predicted octanol–water partition coefficient (Wildman–Crippen LogP) is 5.34. The van der Waals surface area contributed by atoms with E-state index >= 15 is 0 Å². The molecule has 4 rings (SSSR count). The lowest BCUT2D eigenvalue weighted by Crippen LogP contribution is -2.13. The maximum Gasteiger partial charge on any atom is 0.435 e. The SMILES string of the molecule is COCCNc1ncc(-c2cnc(Nc3ccc(F)c(Cl)c3)nc2-n2nc(C(F)(F)F)cc2C)cc1C(=O)O. The Bertz CT molecular complexity index is 1530. The molecule has 0 fully saturated rings. The number of aromatic carboxylic acids is 1. The highest BCUT2D eigenvalue weighted by Gasteiger charge is 2.35. The molecule has 1 aromatic carbocycles. The standard InChI is InChI=1S/C24H20ClF4N7O3/c1-12-7-19(24(27,28)29)35-36(12)21-16(11-32-23(34-21)33-14-3-4-18(26)17(25)9-14)13-8-15(22(37)38)20(31-10-13)30-5-6-39-2/h3-4,7-11H,5-6H2,1-2H3,(H,30,31)(H,37,38)(H,32,33,34). The molecule has 204 valence electrons. The molecular formula is C24H20ClF4N7O3. The van der Waals surface area contributed by atoms with Gasteiger partial charge < -0.3 is 20.5 Å². The number of aryl methyl sites for hydroxylation is 1. The van der Waals surface area contributed by atoms with Gasteiger partial charge in [0.25, 0.3) is 0 Å². The zero-order valence-electron chi connectivity index (χ0n) is 20.3. The number of pyridine rings is 1. The first-order valence-corrected chi connectivity index (χ1v) is 11.6. The van der Waals surface area contributed by atoms with Crippen LogP contribution in [-0.2, 0) is 10.9 Å². The van der Waals surface area contributed by atoms with E-state index < -0.39 is 23.7 Å². The lowest BCUT2D eigenvalue weighted by molar-refractivity contribution is -0.141. The van der Waals surface area contributed by atoms with Crippen LogP contribution in [0.15, 0.2) is 42.7 Å². The molecule has 0 aliphatic heterocycles. The van der Waals surface area contributed by atoms with E-state index in [0.717, 1.165) is 16.8 Å². The van der Waals surface area contributed by atoms with E-state index in [1.807, 2.05) is 0 Å². The zero-order valence-corrected chi connectivity index (χ0v) is 21.1. The van der Waals surface area contributed by atoms with Gasteiger partial charge in [-0.15, -0.1) is 0 Å². The van der Waals surface area contributed by atoms with Crippen LogP contribution in [0, 0.1) is 12.7 Å². The smallest absolute Gasteiger partial charge is 0.435 e. The van der Waals surface area contributed by atoms with Gasteiger partial charge in [0, 0.05) is 48.6 Å². The molecule has 0 amide bonds. The number of anilines is 3. The van der Waals surface area contributed by atoms with Gasteiger partial charge in [-0.1, -0.05) is 11.6 Å². The van der Waals surface area contributed by atoms with Gasteiger partial charge in [-0.25, -0.2) is 23.8 Å². The minimum absolute atomic E-state index is 0.0656. The number of alkyl halides is 3. The molecule has 0 unspecified atom stereocenters. The Morgan fingerprint density at radius 2 is 1.95 bits per heavy atom. The Labute approximate surface area is 223 Å². The summed E-state index contributed by atoms with van der Waals surface area (Å²) in [5.41, 5.74) is -0.565. The third-order valence-electron chi connectivity index (χ3n) is 5.35. The third kappa shape index (κ3) is 6.23. The molecule has 3 aromatic heterocycles. The van der Waals surface area contributed by atoms with Gasteiger partial charge in [0.2, 0.25) is 5.95 Å². The van der Waals surface area contributed by atoms with Crippen molar-refractivity contribution in [3.05, 3.63) is 70.5 Å². The Kier molecular flexibility index (Phi) is 7.97. The molecule has 10 nitrogen and oxygen atoms in total. The largest absolute Gasteiger partial charge is 0.478 e.